The fourth-order valence-corrected chi connectivity index (χ4v) is 2.35. The second-order valence-electron chi connectivity index (χ2n) is 5.08. The van der Waals surface area contributed by atoms with Crippen LogP contribution in [0.2, 0.25) is 0 Å². The van der Waals surface area contributed by atoms with Crippen molar-refractivity contribution in [1.82, 2.24) is 20.0 Å². The van der Waals surface area contributed by atoms with Crippen LogP contribution in [0, 0.1) is 5.92 Å². The molecule has 3 heterocycles. The highest BCUT2D eigenvalue weighted by atomic mass is 16.5. The van der Waals surface area contributed by atoms with Crippen LogP contribution < -0.4 is 0 Å². The zero-order chi connectivity index (χ0) is 15.5. The first-order valence-electron chi connectivity index (χ1n) is 6.87. The summed E-state index contributed by atoms with van der Waals surface area (Å²) in [5.74, 6) is -0.863. The molecular weight excluding hydrogens is 288 g/mol. The lowest BCUT2D eigenvalue weighted by Crippen LogP contribution is -2.28. The molecule has 8 heteroatoms. The van der Waals surface area contributed by atoms with Crippen molar-refractivity contribution in [1.29, 1.82) is 0 Å². The van der Waals surface area contributed by atoms with Crippen molar-refractivity contribution in [2.75, 3.05) is 13.1 Å². The van der Waals surface area contributed by atoms with E-state index < -0.39 is 11.9 Å². The summed E-state index contributed by atoms with van der Waals surface area (Å²) < 4.78 is 5.15. The molecule has 8 nitrogen and oxygen atoms in total. The Morgan fingerprint density at radius 2 is 2.36 bits per heavy atom. The maximum atomic E-state index is 11.7. The summed E-state index contributed by atoms with van der Waals surface area (Å²) in [6.45, 7) is 0.606. The van der Waals surface area contributed by atoms with Gasteiger partial charge in [0.1, 0.15) is 0 Å². The van der Waals surface area contributed by atoms with Crippen LogP contribution in [0.5, 0.6) is 0 Å². The van der Waals surface area contributed by atoms with Crippen LogP contribution in [-0.2, 0) is 16.0 Å². The number of carbonyl (C=O) groups excluding carboxylic acids is 1. The van der Waals surface area contributed by atoms with Gasteiger partial charge in [-0.15, -0.1) is 0 Å². The zero-order valence-electron chi connectivity index (χ0n) is 11.7. The van der Waals surface area contributed by atoms with Crippen molar-refractivity contribution in [3.63, 3.8) is 0 Å². The van der Waals surface area contributed by atoms with Gasteiger partial charge in [-0.3, -0.25) is 14.6 Å². The van der Waals surface area contributed by atoms with E-state index in [1.54, 1.807) is 18.5 Å². The lowest BCUT2D eigenvalue weighted by Gasteiger charge is -2.14. The van der Waals surface area contributed by atoms with Gasteiger partial charge in [0.2, 0.25) is 17.6 Å². The first kappa shape index (κ1) is 14.2. The molecule has 1 N–H and O–H groups in total. The van der Waals surface area contributed by atoms with Crippen LogP contribution >= 0.6 is 0 Å². The molecule has 1 atom stereocenters. The first-order valence-corrected chi connectivity index (χ1v) is 6.87. The number of aromatic nitrogens is 3. The van der Waals surface area contributed by atoms with Gasteiger partial charge in [0, 0.05) is 43.9 Å². The third-order valence-corrected chi connectivity index (χ3v) is 3.55. The number of amides is 1. The number of hydrogen-bond donors (Lipinski definition) is 1. The number of nitrogens with zero attached hydrogens (tertiary/aromatic N) is 4. The van der Waals surface area contributed by atoms with E-state index in [-0.39, 0.29) is 18.9 Å². The third-order valence-electron chi connectivity index (χ3n) is 3.55. The molecule has 0 bridgehead atoms. The second-order valence-corrected chi connectivity index (χ2v) is 5.08. The molecule has 2 aromatic heterocycles. The SMILES string of the molecule is O=C(O)[C@@H]1CC(=O)N(CCc2nc(-c3cccnc3)no2)C1. The number of likely N-dealkylation sites (tertiary alicyclic amines) is 1. The average molecular weight is 302 g/mol. The van der Waals surface area contributed by atoms with Crippen LogP contribution in [0.1, 0.15) is 12.3 Å². The zero-order valence-corrected chi connectivity index (χ0v) is 11.7. The lowest BCUT2D eigenvalue weighted by molar-refractivity contribution is -0.141. The summed E-state index contributed by atoms with van der Waals surface area (Å²) >= 11 is 0. The number of carboxylic acid groups (broad SMARTS) is 1. The number of rotatable bonds is 5. The van der Waals surface area contributed by atoms with Crippen LogP contribution in [0.4, 0.5) is 0 Å². The Bertz CT molecular complexity index is 685. The molecule has 0 saturated carbocycles. The van der Waals surface area contributed by atoms with E-state index in [4.69, 9.17) is 9.63 Å². The first-order chi connectivity index (χ1) is 10.6. The summed E-state index contributed by atoms with van der Waals surface area (Å²) in [4.78, 5) is 32.4. The maximum Gasteiger partial charge on any atom is 0.308 e. The summed E-state index contributed by atoms with van der Waals surface area (Å²) in [5, 5.41) is 12.8. The summed E-state index contributed by atoms with van der Waals surface area (Å²) in [5.41, 5.74) is 0.751. The van der Waals surface area contributed by atoms with Crippen molar-refractivity contribution < 1.29 is 19.2 Å². The number of carbonyl (C=O) groups is 2. The number of pyridine rings is 1. The maximum absolute atomic E-state index is 11.7. The number of carboxylic acids is 1. The molecule has 1 saturated heterocycles. The predicted octanol–water partition coefficient (Wildman–Crippen LogP) is 0.607. The molecule has 2 aromatic rings. The van der Waals surface area contributed by atoms with Crippen LogP contribution in [0.3, 0.4) is 0 Å². The van der Waals surface area contributed by atoms with Gasteiger partial charge in [-0.1, -0.05) is 5.16 Å². The van der Waals surface area contributed by atoms with E-state index in [1.165, 1.54) is 4.90 Å². The molecular formula is C14H14N4O4. The Morgan fingerprint density at radius 1 is 1.50 bits per heavy atom. The molecule has 0 unspecified atom stereocenters. The topological polar surface area (TPSA) is 109 Å². The predicted molar refractivity (Wildman–Crippen MR) is 73.6 cm³/mol. The number of hydrogen-bond acceptors (Lipinski definition) is 6. The molecule has 22 heavy (non-hydrogen) atoms. The quantitative estimate of drug-likeness (QED) is 0.861. The normalized spacial score (nSPS) is 17.9. The standard InChI is InChI=1S/C14H14N4O4/c19-12-6-10(14(20)21)8-18(12)5-3-11-16-13(17-22-11)9-2-1-4-15-7-9/h1-2,4,7,10H,3,5-6,8H2,(H,20,21)/t10-/m1/s1. The van der Waals surface area contributed by atoms with Crippen molar-refractivity contribution in [3.8, 4) is 11.4 Å². The molecule has 0 spiro atoms. The van der Waals surface area contributed by atoms with Crippen LogP contribution in [0.25, 0.3) is 11.4 Å². The van der Waals surface area contributed by atoms with E-state index in [0.717, 1.165) is 5.56 Å². The van der Waals surface area contributed by atoms with Gasteiger partial charge in [-0.05, 0) is 12.1 Å². The lowest BCUT2D eigenvalue weighted by atomic mass is 10.1. The van der Waals surface area contributed by atoms with Crippen molar-refractivity contribution in [2.45, 2.75) is 12.8 Å². The van der Waals surface area contributed by atoms with Crippen LogP contribution in [-0.4, -0.2) is 50.1 Å². The van der Waals surface area contributed by atoms with Gasteiger partial charge in [-0.25, -0.2) is 0 Å². The molecule has 0 aliphatic carbocycles. The highest BCUT2D eigenvalue weighted by Gasteiger charge is 2.34. The van der Waals surface area contributed by atoms with Gasteiger partial charge < -0.3 is 14.5 Å². The summed E-state index contributed by atoms with van der Waals surface area (Å²) in [7, 11) is 0. The number of aliphatic carboxylic acids is 1. The van der Waals surface area contributed by atoms with Gasteiger partial charge in [0.15, 0.2) is 0 Å². The largest absolute Gasteiger partial charge is 0.481 e. The Labute approximate surface area is 125 Å². The summed E-state index contributed by atoms with van der Waals surface area (Å²) in [6, 6.07) is 3.60. The highest BCUT2D eigenvalue weighted by Crippen LogP contribution is 2.19. The monoisotopic (exact) mass is 302 g/mol. The molecule has 1 aliphatic heterocycles. The molecule has 1 aliphatic rings. The van der Waals surface area contributed by atoms with Crippen molar-refractivity contribution in [2.24, 2.45) is 5.92 Å². The Hall–Kier alpha value is -2.77. The van der Waals surface area contributed by atoms with Gasteiger partial charge in [0.05, 0.1) is 5.92 Å². The second kappa shape index (κ2) is 5.92. The molecule has 3 rings (SSSR count). The minimum Gasteiger partial charge on any atom is -0.481 e. The van der Waals surface area contributed by atoms with Gasteiger partial charge >= 0.3 is 5.97 Å². The summed E-state index contributed by atoms with van der Waals surface area (Å²) in [6.07, 6.45) is 3.74. The Balaban J connectivity index is 1.60. The average Bonchev–Trinajstić information content (AvgIpc) is 3.13. The smallest absolute Gasteiger partial charge is 0.308 e. The molecule has 1 amide bonds. The minimum atomic E-state index is -0.937. The highest BCUT2D eigenvalue weighted by molar-refractivity contribution is 5.86. The van der Waals surface area contributed by atoms with Crippen molar-refractivity contribution in [3.05, 3.63) is 30.4 Å². The van der Waals surface area contributed by atoms with Crippen molar-refractivity contribution >= 4 is 11.9 Å². The molecule has 114 valence electrons. The van der Waals surface area contributed by atoms with Gasteiger partial charge in [0.25, 0.3) is 0 Å². The fourth-order valence-electron chi connectivity index (χ4n) is 2.35. The molecule has 0 radical (unpaired) electrons. The fraction of sp³-hybridized carbons (Fsp3) is 0.357. The Morgan fingerprint density at radius 3 is 3.05 bits per heavy atom. The van der Waals surface area contributed by atoms with E-state index >= 15 is 0 Å². The molecule has 0 aromatic carbocycles. The Kier molecular flexibility index (Phi) is 3.82. The van der Waals surface area contributed by atoms with E-state index in [1.807, 2.05) is 6.07 Å². The van der Waals surface area contributed by atoms with E-state index in [9.17, 15) is 9.59 Å². The van der Waals surface area contributed by atoms with Crippen LogP contribution in [0.15, 0.2) is 29.0 Å². The van der Waals surface area contributed by atoms with Gasteiger partial charge in [-0.2, -0.15) is 4.98 Å². The third kappa shape index (κ3) is 2.95. The van der Waals surface area contributed by atoms with E-state index in [2.05, 4.69) is 15.1 Å². The van der Waals surface area contributed by atoms with E-state index in [0.29, 0.717) is 24.7 Å². The molecule has 1 fully saturated rings. The minimum absolute atomic E-state index is 0.0557.